The Balaban J connectivity index is 1.76. The van der Waals surface area contributed by atoms with Crippen LogP contribution < -0.4 is 4.74 Å². The third-order valence-electron chi connectivity index (χ3n) is 4.55. The molecule has 8 heteroatoms. The van der Waals surface area contributed by atoms with E-state index in [9.17, 15) is 18.0 Å². The number of thioether (sulfide) groups is 1. The summed E-state index contributed by atoms with van der Waals surface area (Å²) in [5.74, 6) is 0.0163. The van der Waals surface area contributed by atoms with E-state index in [1.807, 2.05) is 48.5 Å². The molecular weight excluding hydrogens is 517 g/mol. The van der Waals surface area contributed by atoms with E-state index >= 15 is 0 Å². The molecule has 3 aromatic carbocycles. The highest BCUT2D eigenvalue weighted by atomic mass is 79.9. The summed E-state index contributed by atoms with van der Waals surface area (Å²) in [6, 6.07) is 21.5. The van der Waals surface area contributed by atoms with Gasteiger partial charge in [-0.05, 0) is 56.4 Å². The second kappa shape index (κ2) is 11.4. The number of carbonyl (C=O) groups is 1. The lowest BCUT2D eigenvalue weighted by Gasteiger charge is -2.11. The largest absolute Gasteiger partial charge is 0.481 e. The second-order valence-electron chi connectivity index (χ2n) is 7.06. The first-order valence-electron chi connectivity index (χ1n) is 9.90. The van der Waals surface area contributed by atoms with Gasteiger partial charge in [-0.15, -0.1) is 11.8 Å². The number of hydrogen-bond donors (Lipinski definition) is 1. The molecule has 0 aliphatic rings. The topological polar surface area (TPSA) is 46.5 Å². The molecule has 0 spiro atoms. The molecule has 0 fully saturated rings. The summed E-state index contributed by atoms with van der Waals surface area (Å²) in [5.41, 5.74) is 2.97. The maximum Gasteiger partial charge on any atom is 0.393 e. The third-order valence-corrected chi connectivity index (χ3v) is 6.09. The molecule has 0 saturated carbocycles. The number of ether oxygens (including phenoxy) is 1. The summed E-state index contributed by atoms with van der Waals surface area (Å²) in [7, 11) is 0. The van der Waals surface area contributed by atoms with Crippen molar-refractivity contribution in [1.29, 1.82) is 0 Å². The average Bonchev–Trinajstić information content (AvgIpc) is 2.76. The zero-order valence-electron chi connectivity index (χ0n) is 17.3. The number of carboxylic acid groups (broad SMARTS) is 1. The Hall–Kier alpha value is -2.71. The predicted octanol–water partition coefficient (Wildman–Crippen LogP) is 7.24. The molecule has 0 atom stereocenters. The van der Waals surface area contributed by atoms with Crippen LogP contribution in [0.2, 0.25) is 0 Å². The highest BCUT2D eigenvalue weighted by molar-refractivity contribution is 9.10. The summed E-state index contributed by atoms with van der Waals surface area (Å²) in [5, 5.41) is 8.74. The molecule has 0 radical (unpaired) electrons. The number of alkyl halides is 3. The van der Waals surface area contributed by atoms with Crippen molar-refractivity contribution in [1.82, 2.24) is 0 Å². The van der Waals surface area contributed by atoms with Crippen LogP contribution in [-0.4, -0.2) is 29.6 Å². The van der Waals surface area contributed by atoms with Gasteiger partial charge in [0.2, 0.25) is 0 Å². The minimum Gasteiger partial charge on any atom is -0.481 e. The predicted molar refractivity (Wildman–Crippen MR) is 128 cm³/mol. The molecule has 0 amide bonds. The Morgan fingerprint density at radius 2 is 1.67 bits per heavy atom. The van der Waals surface area contributed by atoms with Crippen molar-refractivity contribution in [3.8, 4) is 5.75 Å². The van der Waals surface area contributed by atoms with E-state index in [2.05, 4.69) is 15.9 Å². The van der Waals surface area contributed by atoms with Gasteiger partial charge in [0.05, 0.1) is 10.9 Å². The van der Waals surface area contributed by atoms with Gasteiger partial charge in [0, 0.05) is 10.6 Å². The van der Waals surface area contributed by atoms with Crippen molar-refractivity contribution < 1.29 is 27.8 Å². The van der Waals surface area contributed by atoms with Crippen molar-refractivity contribution in [3.63, 3.8) is 0 Å². The summed E-state index contributed by atoms with van der Waals surface area (Å²) < 4.78 is 43.9. The molecule has 3 aromatic rings. The zero-order chi connectivity index (χ0) is 23.8. The Kier molecular flexibility index (Phi) is 8.63. The first kappa shape index (κ1) is 24.9. The Morgan fingerprint density at radius 3 is 2.27 bits per heavy atom. The summed E-state index contributed by atoms with van der Waals surface area (Å²) in [6.45, 7) is -0.421. The van der Waals surface area contributed by atoms with Crippen LogP contribution >= 0.6 is 27.7 Å². The third kappa shape index (κ3) is 7.98. The van der Waals surface area contributed by atoms with Crippen molar-refractivity contribution in [2.45, 2.75) is 17.5 Å². The highest BCUT2D eigenvalue weighted by Crippen LogP contribution is 2.32. The van der Waals surface area contributed by atoms with Crippen molar-refractivity contribution in [2.24, 2.45) is 0 Å². The average molecular weight is 537 g/mol. The molecule has 33 heavy (non-hydrogen) atoms. The van der Waals surface area contributed by atoms with Crippen molar-refractivity contribution in [2.75, 3.05) is 12.4 Å². The molecular formula is C25H20BrF3O3S. The molecule has 0 bridgehead atoms. The number of halogens is 4. The fraction of sp³-hybridized carbons (Fsp3) is 0.160. The molecule has 0 heterocycles. The van der Waals surface area contributed by atoms with Gasteiger partial charge in [0.1, 0.15) is 5.75 Å². The van der Waals surface area contributed by atoms with Gasteiger partial charge in [-0.2, -0.15) is 13.2 Å². The van der Waals surface area contributed by atoms with Crippen LogP contribution in [-0.2, 0) is 11.2 Å². The molecule has 0 aliphatic carbocycles. The van der Waals surface area contributed by atoms with Crippen LogP contribution in [0, 0.1) is 0 Å². The zero-order valence-corrected chi connectivity index (χ0v) is 19.7. The van der Waals surface area contributed by atoms with E-state index in [4.69, 9.17) is 9.84 Å². The van der Waals surface area contributed by atoms with Gasteiger partial charge in [-0.1, -0.05) is 60.7 Å². The van der Waals surface area contributed by atoms with Crippen LogP contribution in [0.4, 0.5) is 13.2 Å². The van der Waals surface area contributed by atoms with Gasteiger partial charge >= 0.3 is 12.1 Å². The van der Waals surface area contributed by atoms with E-state index in [-0.39, 0.29) is 5.56 Å². The van der Waals surface area contributed by atoms with E-state index in [0.29, 0.717) is 16.0 Å². The van der Waals surface area contributed by atoms with Gasteiger partial charge < -0.3 is 9.84 Å². The molecule has 0 saturated heterocycles. The molecule has 3 nitrogen and oxygen atoms in total. The Bertz CT molecular complexity index is 1110. The number of carboxylic acids is 1. The van der Waals surface area contributed by atoms with Crippen molar-refractivity contribution in [3.05, 3.63) is 100 Å². The minimum absolute atomic E-state index is 0.225. The number of hydrogen-bond acceptors (Lipinski definition) is 3. The van der Waals surface area contributed by atoms with E-state index < -0.39 is 25.2 Å². The quantitative estimate of drug-likeness (QED) is 0.293. The SMILES string of the molecule is O=C(O)COc1ccc(SCC=C(c2ccccc2)c2ccc(CC(F)(F)F)cc2)cc1Br. The molecule has 1 N–H and O–H groups in total. The first-order valence-corrected chi connectivity index (χ1v) is 11.7. The van der Waals surface area contributed by atoms with Crippen LogP contribution in [0.5, 0.6) is 5.75 Å². The maximum absolute atomic E-state index is 12.7. The summed E-state index contributed by atoms with van der Waals surface area (Å²) >= 11 is 4.96. The Labute approximate surface area is 202 Å². The van der Waals surface area contributed by atoms with Gasteiger partial charge in [0.15, 0.2) is 6.61 Å². The Morgan fingerprint density at radius 1 is 1.00 bits per heavy atom. The van der Waals surface area contributed by atoms with Crippen LogP contribution in [0.1, 0.15) is 16.7 Å². The molecule has 0 aliphatic heterocycles. The summed E-state index contributed by atoms with van der Waals surface area (Å²) in [4.78, 5) is 11.6. The lowest BCUT2D eigenvalue weighted by Crippen LogP contribution is -2.11. The lowest BCUT2D eigenvalue weighted by molar-refractivity contribution is -0.139. The van der Waals surface area contributed by atoms with Crippen LogP contribution in [0.3, 0.4) is 0 Å². The fourth-order valence-electron chi connectivity index (χ4n) is 3.10. The lowest BCUT2D eigenvalue weighted by atomic mass is 9.96. The van der Waals surface area contributed by atoms with E-state index in [0.717, 1.165) is 21.6 Å². The highest BCUT2D eigenvalue weighted by Gasteiger charge is 2.27. The monoisotopic (exact) mass is 536 g/mol. The van der Waals surface area contributed by atoms with Gasteiger partial charge in [-0.3, -0.25) is 0 Å². The molecule has 3 rings (SSSR count). The standard InChI is InChI=1S/C25H20BrF3O3S/c26-22-14-20(10-11-23(22)32-16-24(30)31)33-13-12-21(18-4-2-1-3-5-18)19-8-6-17(7-9-19)15-25(27,28)29/h1-12,14H,13,15-16H2,(H,30,31). The van der Waals surface area contributed by atoms with E-state index in [1.54, 1.807) is 30.0 Å². The molecule has 172 valence electrons. The van der Waals surface area contributed by atoms with Crippen molar-refractivity contribution >= 4 is 39.2 Å². The van der Waals surface area contributed by atoms with Gasteiger partial charge in [0.25, 0.3) is 0 Å². The number of aliphatic carboxylic acids is 1. The molecule has 0 aromatic heterocycles. The fourth-order valence-corrected chi connectivity index (χ4v) is 4.56. The van der Waals surface area contributed by atoms with Gasteiger partial charge in [-0.25, -0.2) is 4.79 Å². The maximum atomic E-state index is 12.7. The second-order valence-corrected chi connectivity index (χ2v) is 9.01. The molecule has 0 unspecified atom stereocenters. The number of benzene rings is 3. The van der Waals surface area contributed by atoms with Crippen LogP contribution in [0.25, 0.3) is 5.57 Å². The van der Waals surface area contributed by atoms with E-state index in [1.165, 1.54) is 12.1 Å². The minimum atomic E-state index is -4.24. The van der Waals surface area contributed by atoms with Crippen LogP contribution in [0.15, 0.2) is 88.2 Å². The number of rotatable bonds is 9. The summed E-state index contributed by atoms with van der Waals surface area (Å²) in [6.07, 6.45) is -3.14. The normalized spacial score (nSPS) is 11.9. The smallest absolute Gasteiger partial charge is 0.393 e. The first-order chi connectivity index (χ1) is 15.7.